The number of hydrogen-bond donors (Lipinski definition) is 1. The molecule has 0 atom stereocenters. The number of thiazole rings is 1. The van der Waals surface area contributed by atoms with E-state index in [1.165, 1.54) is 23.5 Å². The summed E-state index contributed by atoms with van der Waals surface area (Å²) in [7, 11) is -3.64. The number of aromatic nitrogens is 1. The van der Waals surface area contributed by atoms with Gasteiger partial charge in [0.25, 0.3) is 0 Å². The number of nitrogens with one attached hydrogen (secondary N) is 1. The number of amides is 1. The Balaban J connectivity index is 1.65. The average Bonchev–Trinajstić information content (AvgIpc) is 2.97. The lowest BCUT2D eigenvalue weighted by molar-refractivity contribution is -0.115. The van der Waals surface area contributed by atoms with Crippen molar-refractivity contribution in [3.63, 3.8) is 0 Å². The number of rotatable bonds is 5. The molecule has 0 aliphatic rings. The highest BCUT2D eigenvalue weighted by Gasteiger charge is 2.17. The molecule has 8 heteroatoms. The molecule has 1 amide bonds. The van der Waals surface area contributed by atoms with Crippen molar-refractivity contribution in [3.05, 3.63) is 53.8 Å². The summed E-state index contributed by atoms with van der Waals surface area (Å²) in [5.74, 6) is -1.29. The van der Waals surface area contributed by atoms with Crippen LogP contribution < -0.4 is 5.32 Å². The van der Waals surface area contributed by atoms with Crippen LogP contribution in [0, 0.1) is 12.7 Å². The lowest BCUT2D eigenvalue weighted by atomic mass is 10.2. The molecule has 0 saturated carbocycles. The Hall–Kier alpha value is -2.32. The van der Waals surface area contributed by atoms with Crippen LogP contribution in [0.5, 0.6) is 0 Å². The first-order chi connectivity index (χ1) is 11.8. The summed E-state index contributed by atoms with van der Waals surface area (Å²) in [6.07, 6.45) is -0.200. The van der Waals surface area contributed by atoms with Gasteiger partial charge in [0, 0.05) is 6.42 Å². The summed E-state index contributed by atoms with van der Waals surface area (Å²) in [5.41, 5.74) is 1.83. The van der Waals surface area contributed by atoms with Gasteiger partial charge in [-0.15, -0.1) is 0 Å². The Bertz CT molecular complexity index is 1030. The topological polar surface area (TPSA) is 76.1 Å². The molecule has 25 heavy (non-hydrogen) atoms. The van der Waals surface area contributed by atoms with Gasteiger partial charge in [0.2, 0.25) is 5.91 Å². The molecule has 0 aliphatic heterocycles. The number of nitrogens with zero attached hydrogens (tertiary/aromatic N) is 1. The Labute approximate surface area is 148 Å². The van der Waals surface area contributed by atoms with E-state index in [4.69, 9.17) is 0 Å². The molecule has 2 aromatic carbocycles. The van der Waals surface area contributed by atoms with Crippen LogP contribution in [0.2, 0.25) is 0 Å². The Morgan fingerprint density at radius 1 is 1.20 bits per heavy atom. The third-order valence-corrected chi connectivity index (χ3v) is 6.31. The second kappa shape index (κ2) is 6.89. The van der Waals surface area contributed by atoms with Gasteiger partial charge >= 0.3 is 0 Å². The predicted molar refractivity (Wildman–Crippen MR) is 96.1 cm³/mol. The Kier molecular flexibility index (Phi) is 4.82. The zero-order valence-corrected chi connectivity index (χ0v) is 15.0. The quantitative estimate of drug-likeness (QED) is 0.689. The summed E-state index contributed by atoms with van der Waals surface area (Å²) in [6, 6.07) is 10.3. The van der Waals surface area contributed by atoms with Crippen molar-refractivity contribution in [2.75, 3.05) is 11.1 Å². The molecule has 130 valence electrons. The second-order valence-corrected chi connectivity index (χ2v) is 8.65. The largest absolute Gasteiger partial charge is 0.302 e. The van der Waals surface area contributed by atoms with Crippen LogP contribution in [0.1, 0.15) is 12.0 Å². The van der Waals surface area contributed by atoms with Crippen LogP contribution in [0.4, 0.5) is 9.52 Å². The van der Waals surface area contributed by atoms with E-state index in [1.807, 2.05) is 25.1 Å². The van der Waals surface area contributed by atoms with E-state index in [0.717, 1.165) is 27.9 Å². The minimum atomic E-state index is -3.64. The average molecular weight is 378 g/mol. The predicted octanol–water partition coefficient (Wildman–Crippen LogP) is 3.55. The molecule has 0 radical (unpaired) electrons. The highest BCUT2D eigenvalue weighted by atomic mass is 32.2. The molecule has 1 aromatic heterocycles. The summed E-state index contributed by atoms with van der Waals surface area (Å²) in [6.45, 7) is 1.93. The first-order valence-corrected chi connectivity index (χ1v) is 9.96. The van der Waals surface area contributed by atoms with Crippen molar-refractivity contribution in [3.8, 4) is 0 Å². The highest BCUT2D eigenvalue weighted by Crippen LogP contribution is 2.28. The van der Waals surface area contributed by atoms with Crippen LogP contribution in [0.15, 0.2) is 47.4 Å². The first kappa shape index (κ1) is 17.5. The number of benzene rings is 2. The van der Waals surface area contributed by atoms with Gasteiger partial charge in [0.1, 0.15) is 5.82 Å². The molecule has 3 aromatic rings. The van der Waals surface area contributed by atoms with Gasteiger partial charge in [-0.3, -0.25) is 4.79 Å². The molecule has 1 N–H and O–H groups in total. The fourth-order valence-corrected chi connectivity index (χ4v) is 4.51. The smallest absolute Gasteiger partial charge is 0.227 e. The van der Waals surface area contributed by atoms with Crippen LogP contribution in [-0.2, 0) is 14.6 Å². The fraction of sp³-hybridized carbons (Fsp3) is 0.176. The van der Waals surface area contributed by atoms with E-state index in [-0.39, 0.29) is 17.1 Å². The van der Waals surface area contributed by atoms with E-state index in [0.29, 0.717) is 5.13 Å². The lowest BCUT2D eigenvalue weighted by Gasteiger charge is -2.04. The monoisotopic (exact) mass is 378 g/mol. The third kappa shape index (κ3) is 4.02. The number of hydrogen-bond acceptors (Lipinski definition) is 5. The Morgan fingerprint density at radius 2 is 1.92 bits per heavy atom. The molecule has 0 bridgehead atoms. The van der Waals surface area contributed by atoms with Crippen molar-refractivity contribution < 1.29 is 17.6 Å². The number of anilines is 1. The maximum absolute atomic E-state index is 12.9. The molecular formula is C17H15FN2O3S2. The van der Waals surface area contributed by atoms with Crippen molar-refractivity contribution in [1.29, 1.82) is 0 Å². The van der Waals surface area contributed by atoms with Gasteiger partial charge in [-0.1, -0.05) is 23.5 Å². The van der Waals surface area contributed by atoms with Crippen molar-refractivity contribution in [2.45, 2.75) is 18.2 Å². The summed E-state index contributed by atoms with van der Waals surface area (Å²) in [4.78, 5) is 16.4. The van der Waals surface area contributed by atoms with Crippen molar-refractivity contribution >= 4 is 42.4 Å². The third-order valence-electron chi connectivity index (χ3n) is 3.64. The van der Waals surface area contributed by atoms with E-state index < -0.39 is 21.6 Å². The normalized spacial score (nSPS) is 11.6. The van der Waals surface area contributed by atoms with Gasteiger partial charge < -0.3 is 5.32 Å². The molecule has 0 unspecified atom stereocenters. The molecular weight excluding hydrogens is 363 g/mol. The molecule has 0 fully saturated rings. The van der Waals surface area contributed by atoms with Crippen LogP contribution in [-0.4, -0.2) is 25.1 Å². The highest BCUT2D eigenvalue weighted by molar-refractivity contribution is 7.91. The number of aryl methyl sites for hydroxylation is 1. The number of para-hydroxylation sites is 1. The number of fused-ring (bicyclic) bond motifs is 1. The number of halogens is 1. The van der Waals surface area contributed by atoms with E-state index in [9.17, 15) is 17.6 Å². The molecule has 0 spiro atoms. The summed E-state index contributed by atoms with van der Waals surface area (Å²) in [5, 5.41) is 3.07. The summed E-state index contributed by atoms with van der Waals surface area (Å²) >= 11 is 1.34. The van der Waals surface area contributed by atoms with Gasteiger partial charge in [0.15, 0.2) is 15.0 Å². The van der Waals surface area contributed by atoms with E-state index in [1.54, 1.807) is 0 Å². The SMILES string of the molecule is Cc1cccc2sc(NC(=O)CCS(=O)(=O)c3ccc(F)cc3)nc12. The maximum atomic E-state index is 12.9. The van der Waals surface area contributed by atoms with Gasteiger partial charge in [-0.25, -0.2) is 17.8 Å². The summed E-state index contributed by atoms with van der Waals surface area (Å²) < 4.78 is 38.2. The molecule has 0 saturated heterocycles. The maximum Gasteiger partial charge on any atom is 0.227 e. The van der Waals surface area contributed by atoms with Crippen LogP contribution >= 0.6 is 11.3 Å². The number of sulfone groups is 1. The van der Waals surface area contributed by atoms with E-state index in [2.05, 4.69) is 10.3 Å². The van der Waals surface area contributed by atoms with Crippen LogP contribution in [0.3, 0.4) is 0 Å². The zero-order valence-electron chi connectivity index (χ0n) is 13.3. The van der Waals surface area contributed by atoms with Gasteiger partial charge in [0.05, 0.1) is 20.9 Å². The fourth-order valence-electron chi connectivity index (χ4n) is 2.31. The van der Waals surface area contributed by atoms with Gasteiger partial charge in [-0.2, -0.15) is 0 Å². The number of carbonyl (C=O) groups is 1. The minimum absolute atomic E-state index is 0.00249. The van der Waals surface area contributed by atoms with E-state index >= 15 is 0 Å². The second-order valence-electron chi connectivity index (χ2n) is 5.51. The molecule has 0 aliphatic carbocycles. The molecule has 1 heterocycles. The number of carbonyl (C=O) groups excluding carboxylic acids is 1. The first-order valence-electron chi connectivity index (χ1n) is 7.49. The van der Waals surface area contributed by atoms with Crippen LogP contribution in [0.25, 0.3) is 10.2 Å². The Morgan fingerprint density at radius 3 is 2.60 bits per heavy atom. The lowest BCUT2D eigenvalue weighted by Crippen LogP contribution is -2.17. The zero-order chi connectivity index (χ0) is 18.0. The minimum Gasteiger partial charge on any atom is -0.302 e. The molecule has 3 rings (SSSR count). The van der Waals surface area contributed by atoms with Crippen molar-refractivity contribution in [1.82, 2.24) is 4.98 Å². The van der Waals surface area contributed by atoms with Crippen molar-refractivity contribution in [2.24, 2.45) is 0 Å². The van der Waals surface area contributed by atoms with Gasteiger partial charge in [-0.05, 0) is 42.8 Å². The standard InChI is InChI=1S/C17H15FN2O3S2/c1-11-3-2-4-14-16(11)20-17(24-14)19-15(21)9-10-25(22,23)13-7-5-12(18)6-8-13/h2-8H,9-10H2,1H3,(H,19,20,21). The molecule has 5 nitrogen and oxygen atoms in total.